The molecule has 0 saturated heterocycles. The van der Waals surface area contributed by atoms with E-state index in [9.17, 15) is 4.79 Å². The summed E-state index contributed by atoms with van der Waals surface area (Å²) in [4.78, 5) is 20.2. The van der Waals surface area contributed by atoms with E-state index in [1.807, 2.05) is 13.0 Å². The minimum Gasteiger partial charge on any atom is -0.467 e. The van der Waals surface area contributed by atoms with E-state index in [1.54, 1.807) is 36.9 Å². The van der Waals surface area contributed by atoms with Gasteiger partial charge in [-0.3, -0.25) is 9.78 Å². The third kappa shape index (κ3) is 3.82. The lowest BCUT2D eigenvalue weighted by Gasteiger charge is -2.10. The monoisotopic (exact) mass is 312 g/mol. The molecule has 3 heterocycles. The molecule has 3 rings (SSSR count). The Labute approximate surface area is 132 Å². The van der Waals surface area contributed by atoms with Crippen LogP contribution in [0.4, 0.5) is 0 Å². The molecular weight excluding hydrogens is 296 g/mol. The maximum absolute atomic E-state index is 11.9. The lowest BCUT2D eigenvalue weighted by Crippen LogP contribution is -2.26. The van der Waals surface area contributed by atoms with E-state index < -0.39 is 0 Å². The first-order valence-corrected chi connectivity index (χ1v) is 7.28. The van der Waals surface area contributed by atoms with Crippen molar-refractivity contribution in [3.63, 3.8) is 0 Å². The SMILES string of the molecule is CC(NC(=O)CCc1nc(-c2ccncc2)no1)c1ccco1. The van der Waals surface area contributed by atoms with Gasteiger partial charge in [0.2, 0.25) is 17.6 Å². The van der Waals surface area contributed by atoms with Crippen LogP contribution in [0.5, 0.6) is 0 Å². The molecule has 1 amide bonds. The van der Waals surface area contributed by atoms with Gasteiger partial charge in [-0.2, -0.15) is 4.98 Å². The largest absolute Gasteiger partial charge is 0.467 e. The van der Waals surface area contributed by atoms with Crippen molar-refractivity contribution >= 4 is 5.91 Å². The van der Waals surface area contributed by atoms with Crippen LogP contribution in [0.1, 0.15) is 31.0 Å². The maximum atomic E-state index is 11.9. The molecule has 1 unspecified atom stereocenters. The topological polar surface area (TPSA) is 94.1 Å². The van der Waals surface area contributed by atoms with Gasteiger partial charge >= 0.3 is 0 Å². The molecule has 0 fully saturated rings. The van der Waals surface area contributed by atoms with Crippen LogP contribution in [0.25, 0.3) is 11.4 Å². The van der Waals surface area contributed by atoms with Gasteiger partial charge in [0.25, 0.3) is 0 Å². The fraction of sp³-hybridized carbons (Fsp3) is 0.250. The van der Waals surface area contributed by atoms with Crippen molar-refractivity contribution < 1.29 is 13.7 Å². The number of amides is 1. The first-order valence-electron chi connectivity index (χ1n) is 7.28. The predicted octanol–water partition coefficient (Wildman–Crippen LogP) is 2.53. The highest BCUT2D eigenvalue weighted by Gasteiger charge is 2.14. The summed E-state index contributed by atoms with van der Waals surface area (Å²) in [5.74, 6) is 1.54. The van der Waals surface area contributed by atoms with E-state index in [0.29, 0.717) is 18.1 Å². The number of pyridine rings is 1. The fourth-order valence-electron chi connectivity index (χ4n) is 2.12. The Morgan fingerprint density at radius 2 is 2.13 bits per heavy atom. The zero-order chi connectivity index (χ0) is 16.1. The van der Waals surface area contributed by atoms with Gasteiger partial charge in [0.05, 0.1) is 12.3 Å². The highest BCUT2D eigenvalue weighted by Crippen LogP contribution is 2.15. The molecule has 23 heavy (non-hydrogen) atoms. The molecule has 118 valence electrons. The summed E-state index contributed by atoms with van der Waals surface area (Å²) in [6, 6.07) is 7.03. The van der Waals surface area contributed by atoms with E-state index >= 15 is 0 Å². The van der Waals surface area contributed by atoms with Gasteiger partial charge in [0, 0.05) is 30.8 Å². The Morgan fingerprint density at radius 3 is 2.87 bits per heavy atom. The first kappa shape index (κ1) is 15.0. The number of nitrogens with one attached hydrogen (secondary N) is 1. The summed E-state index contributed by atoms with van der Waals surface area (Å²) < 4.78 is 10.4. The van der Waals surface area contributed by atoms with E-state index in [2.05, 4.69) is 20.4 Å². The van der Waals surface area contributed by atoms with Crippen LogP contribution in [0.2, 0.25) is 0 Å². The molecule has 1 atom stereocenters. The van der Waals surface area contributed by atoms with Gasteiger partial charge in [0.1, 0.15) is 5.76 Å². The summed E-state index contributed by atoms with van der Waals surface area (Å²) in [7, 11) is 0. The van der Waals surface area contributed by atoms with Crippen LogP contribution in [0.3, 0.4) is 0 Å². The van der Waals surface area contributed by atoms with Gasteiger partial charge < -0.3 is 14.3 Å². The van der Waals surface area contributed by atoms with E-state index in [1.165, 1.54) is 0 Å². The molecule has 3 aromatic rings. The van der Waals surface area contributed by atoms with E-state index in [0.717, 1.165) is 11.3 Å². The van der Waals surface area contributed by atoms with Crippen LogP contribution in [0, 0.1) is 0 Å². The smallest absolute Gasteiger partial charge is 0.227 e. The highest BCUT2D eigenvalue weighted by molar-refractivity contribution is 5.76. The molecular formula is C16H16N4O3. The highest BCUT2D eigenvalue weighted by atomic mass is 16.5. The predicted molar refractivity (Wildman–Crippen MR) is 81.1 cm³/mol. The molecule has 0 spiro atoms. The van der Waals surface area contributed by atoms with Gasteiger partial charge in [-0.25, -0.2) is 0 Å². The van der Waals surface area contributed by atoms with Crippen LogP contribution < -0.4 is 5.32 Å². The number of hydrogen-bond donors (Lipinski definition) is 1. The third-order valence-corrected chi connectivity index (χ3v) is 3.32. The Bertz CT molecular complexity index is 753. The van der Waals surface area contributed by atoms with E-state index in [-0.39, 0.29) is 18.4 Å². The van der Waals surface area contributed by atoms with Crippen molar-refractivity contribution in [2.24, 2.45) is 0 Å². The molecule has 0 aliphatic carbocycles. The number of hydrogen-bond acceptors (Lipinski definition) is 6. The Kier molecular flexibility index (Phi) is 4.46. The molecule has 0 saturated carbocycles. The van der Waals surface area contributed by atoms with E-state index in [4.69, 9.17) is 8.94 Å². The molecule has 0 aliphatic heterocycles. The summed E-state index contributed by atoms with van der Waals surface area (Å²) in [5.41, 5.74) is 0.825. The number of aryl methyl sites for hydroxylation is 1. The number of aromatic nitrogens is 3. The van der Waals surface area contributed by atoms with Gasteiger partial charge in [0.15, 0.2) is 0 Å². The van der Waals surface area contributed by atoms with Gasteiger partial charge in [-0.05, 0) is 31.2 Å². The molecule has 7 heteroatoms. The molecule has 1 N–H and O–H groups in total. The second kappa shape index (κ2) is 6.87. The van der Waals surface area contributed by atoms with Gasteiger partial charge in [-0.15, -0.1) is 0 Å². The summed E-state index contributed by atoms with van der Waals surface area (Å²) in [5, 5.41) is 6.77. The Hall–Kier alpha value is -2.96. The number of rotatable bonds is 6. The number of nitrogens with zero attached hydrogens (tertiary/aromatic N) is 3. The first-order chi connectivity index (χ1) is 11.2. The molecule has 3 aromatic heterocycles. The molecule has 0 aliphatic rings. The number of carbonyl (C=O) groups is 1. The second-order valence-corrected chi connectivity index (χ2v) is 5.05. The average Bonchev–Trinajstić information content (AvgIpc) is 3.25. The number of furan rings is 1. The number of carbonyl (C=O) groups excluding carboxylic acids is 1. The van der Waals surface area contributed by atoms with Crippen LogP contribution in [-0.2, 0) is 11.2 Å². The quantitative estimate of drug-likeness (QED) is 0.751. The van der Waals surface area contributed by atoms with Crippen molar-refractivity contribution in [3.05, 3.63) is 54.6 Å². The summed E-state index contributed by atoms with van der Waals surface area (Å²) in [6.45, 7) is 1.87. The minimum absolute atomic E-state index is 0.0995. The molecule has 7 nitrogen and oxygen atoms in total. The lowest BCUT2D eigenvalue weighted by atomic mass is 10.2. The van der Waals surface area contributed by atoms with Crippen molar-refractivity contribution in [1.29, 1.82) is 0 Å². The Morgan fingerprint density at radius 1 is 1.30 bits per heavy atom. The standard InChI is InChI=1S/C16H16N4O3/c1-11(13-3-2-10-22-13)18-14(21)4-5-15-19-16(20-23-15)12-6-8-17-9-7-12/h2-3,6-11H,4-5H2,1H3,(H,18,21). The van der Waals surface area contributed by atoms with Crippen LogP contribution in [-0.4, -0.2) is 21.0 Å². The van der Waals surface area contributed by atoms with Crippen molar-refractivity contribution in [1.82, 2.24) is 20.4 Å². The minimum atomic E-state index is -0.174. The molecule has 0 bridgehead atoms. The summed E-state index contributed by atoms with van der Waals surface area (Å²) in [6.07, 6.45) is 5.55. The maximum Gasteiger partial charge on any atom is 0.227 e. The molecule has 0 radical (unpaired) electrons. The average molecular weight is 312 g/mol. The fourth-order valence-corrected chi connectivity index (χ4v) is 2.12. The van der Waals surface area contributed by atoms with Gasteiger partial charge in [-0.1, -0.05) is 5.16 Å². The lowest BCUT2D eigenvalue weighted by molar-refractivity contribution is -0.121. The van der Waals surface area contributed by atoms with Crippen LogP contribution >= 0.6 is 0 Å². The molecule has 0 aromatic carbocycles. The Balaban J connectivity index is 1.52. The summed E-state index contributed by atoms with van der Waals surface area (Å²) >= 11 is 0. The third-order valence-electron chi connectivity index (χ3n) is 3.32. The second-order valence-electron chi connectivity index (χ2n) is 5.05. The normalized spacial score (nSPS) is 12.0. The van der Waals surface area contributed by atoms with Crippen LogP contribution in [0.15, 0.2) is 51.9 Å². The van der Waals surface area contributed by atoms with Crippen molar-refractivity contribution in [3.8, 4) is 11.4 Å². The van der Waals surface area contributed by atoms with Crippen molar-refractivity contribution in [2.75, 3.05) is 0 Å². The van der Waals surface area contributed by atoms with Crippen molar-refractivity contribution in [2.45, 2.75) is 25.8 Å². The zero-order valence-corrected chi connectivity index (χ0v) is 12.6. The zero-order valence-electron chi connectivity index (χ0n) is 12.6.